The first-order chi connectivity index (χ1) is 11.5. The van der Waals surface area contributed by atoms with Crippen LogP contribution in [0.3, 0.4) is 0 Å². The van der Waals surface area contributed by atoms with Crippen molar-refractivity contribution in [3.63, 3.8) is 0 Å². The van der Waals surface area contributed by atoms with Crippen LogP contribution >= 0.6 is 0 Å². The Bertz CT molecular complexity index is 762. The van der Waals surface area contributed by atoms with Crippen LogP contribution in [-0.4, -0.2) is 16.6 Å². The molecule has 7 heteroatoms. The fraction of sp³-hybridized carbons (Fsp3) is 0.176. The molecule has 0 heterocycles. The maximum Gasteiger partial charge on any atom is 0.306 e. The molecule has 0 saturated carbocycles. The average Bonchev–Trinajstić information content (AvgIpc) is 2.57. The van der Waals surface area contributed by atoms with Crippen molar-refractivity contribution in [2.24, 2.45) is 0 Å². The summed E-state index contributed by atoms with van der Waals surface area (Å²) in [4.78, 5) is 33.5. The third-order valence-corrected chi connectivity index (χ3v) is 3.33. The van der Waals surface area contributed by atoms with E-state index in [1.54, 1.807) is 24.3 Å². The number of nitrogens with zero attached hydrogens (tertiary/aromatic N) is 1. The lowest BCUT2D eigenvalue weighted by Crippen LogP contribution is -2.12. The van der Waals surface area contributed by atoms with Crippen LogP contribution in [0.2, 0.25) is 0 Å². The zero-order valence-corrected chi connectivity index (χ0v) is 12.7. The zero-order chi connectivity index (χ0) is 17.5. The van der Waals surface area contributed by atoms with E-state index in [1.165, 1.54) is 6.07 Å². The summed E-state index contributed by atoms with van der Waals surface area (Å²) in [5.41, 5.74) is 0.0293. The number of ketones is 1. The van der Waals surface area contributed by atoms with Crippen molar-refractivity contribution in [3.8, 4) is 0 Å². The van der Waals surface area contributed by atoms with Gasteiger partial charge in [-0.3, -0.25) is 19.7 Å². The van der Waals surface area contributed by atoms with Crippen molar-refractivity contribution in [1.82, 2.24) is 0 Å². The molecule has 1 N–H and O–H groups in total. The first-order valence-corrected chi connectivity index (χ1v) is 7.29. The van der Waals surface area contributed by atoms with Crippen molar-refractivity contribution in [3.05, 3.63) is 70.0 Å². The molecule has 0 aliphatic carbocycles. The van der Waals surface area contributed by atoms with E-state index in [0.29, 0.717) is 12.0 Å². The Morgan fingerprint density at radius 2 is 1.79 bits per heavy atom. The van der Waals surface area contributed by atoms with Gasteiger partial charge >= 0.3 is 5.69 Å². The number of nitrogens with one attached hydrogen (secondary N) is 1. The molecule has 0 radical (unpaired) electrons. The van der Waals surface area contributed by atoms with Crippen LogP contribution in [0.5, 0.6) is 0 Å². The highest BCUT2D eigenvalue weighted by molar-refractivity contribution is 5.96. The number of nitro groups is 1. The summed E-state index contributed by atoms with van der Waals surface area (Å²) in [5.74, 6) is -1.41. The highest BCUT2D eigenvalue weighted by Gasteiger charge is 2.15. The molecule has 2 aromatic rings. The third-order valence-electron chi connectivity index (χ3n) is 3.33. The van der Waals surface area contributed by atoms with Gasteiger partial charge in [0.1, 0.15) is 0 Å². The van der Waals surface area contributed by atoms with E-state index in [2.05, 4.69) is 5.32 Å². The maximum absolute atomic E-state index is 13.2. The fourth-order valence-electron chi connectivity index (χ4n) is 2.13. The molecule has 0 unspecified atom stereocenters. The largest absolute Gasteiger partial charge is 0.326 e. The number of rotatable bonds is 7. The molecule has 0 aliphatic rings. The zero-order valence-electron chi connectivity index (χ0n) is 12.7. The minimum atomic E-state index is -0.966. The molecule has 124 valence electrons. The number of nitro benzene ring substituents is 1. The van der Waals surface area contributed by atoms with Gasteiger partial charge in [-0.25, -0.2) is 0 Å². The Labute approximate surface area is 137 Å². The van der Waals surface area contributed by atoms with E-state index in [9.17, 15) is 24.1 Å². The molecule has 6 nitrogen and oxygen atoms in total. The van der Waals surface area contributed by atoms with E-state index in [1.807, 2.05) is 6.07 Å². The van der Waals surface area contributed by atoms with Crippen LogP contribution in [0.15, 0.2) is 48.5 Å². The SMILES string of the molecule is O=C(CCCC(=O)c1ccccc1)Nc1ccc(F)c([N+](=O)[O-])c1. The molecule has 24 heavy (non-hydrogen) atoms. The first kappa shape index (κ1) is 17.3. The highest BCUT2D eigenvalue weighted by Crippen LogP contribution is 2.21. The fourth-order valence-corrected chi connectivity index (χ4v) is 2.13. The standard InChI is InChI=1S/C17H15FN2O4/c18-14-10-9-13(11-15(14)20(23)24)19-17(22)8-4-7-16(21)12-5-2-1-3-6-12/h1-3,5-6,9-11H,4,7-8H2,(H,19,22). The Morgan fingerprint density at radius 1 is 1.08 bits per heavy atom. The second-order valence-electron chi connectivity index (χ2n) is 5.11. The van der Waals surface area contributed by atoms with E-state index in [-0.39, 0.29) is 24.3 Å². The number of Topliss-reactive ketones (excluding diaryl/α,β-unsaturated/α-hetero) is 1. The summed E-state index contributed by atoms with van der Waals surface area (Å²) in [5, 5.41) is 13.1. The van der Waals surface area contributed by atoms with Crippen LogP contribution in [0.25, 0.3) is 0 Å². The van der Waals surface area contributed by atoms with E-state index in [0.717, 1.165) is 12.1 Å². The van der Waals surface area contributed by atoms with Gasteiger partial charge in [-0.2, -0.15) is 4.39 Å². The molecule has 0 bridgehead atoms. The lowest BCUT2D eigenvalue weighted by Gasteiger charge is -2.05. The topological polar surface area (TPSA) is 89.3 Å². The lowest BCUT2D eigenvalue weighted by molar-refractivity contribution is -0.387. The van der Waals surface area contributed by atoms with Gasteiger partial charge < -0.3 is 5.32 Å². The number of hydrogen-bond donors (Lipinski definition) is 1. The van der Waals surface area contributed by atoms with Crippen LogP contribution < -0.4 is 5.32 Å². The van der Waals surface area contributed by atoms with E-state index >= 15 is 0 Å². The average molecular weight is 330 g/mol. The summed E-state index contributed by atoms with van der Waals surface area (Å²) >= 11 is 0. The molecule has 0 aliphatic heterocycles. The van der Waals surface area contributed by atoms with Gasteiger partial charge in [0.05, 0.1) is 4.92 Å². The Kier molecular flexibility index (Phi) is 5.73. The number of carbonyl (C=O) groups excluding carboxylic acids is 2. The number of hydrogen-bond acceptors (Lipinski definition) is 4. The first-order valence-electron chi connectivity index (χ1n) is 7.29. The molecular formula is C17H15FN2O4. The van der Waals surface area contributed by atoms with Crippen molar-refractivity contribution >= 4 is 23.1 Å². The predicted octanol–water partition coefficient (Wildman–Crippen LogP) is 3.73. The molecule has 0 atom stereocenters. The van der Waals surface area contributed by atoms with Crippen molar-refractivity contribution in [2.75, 3.05) is 5.32 Å². The van der Waals surface area contributed by atoms with Crippen LogP contribution in [-0.2, 0) is 4.79 Å². The van der Waals surface area contributed by atoms with E-state index < -0.39 is 22.3 Å². The van der Waals surface area contributed by atoms with Gasteiger partial charge in [0.15, 0.2) is 5.78 Å². The number of carbonyl (C=O) groups is 2. The molecule has 1 amide bonds. The normalized spacial score (nSPS) is 10.2. The third kappa shape index (κ3) is 4.70. The molecule has 0 aromatic heterocycles. The maximum atomic E-state index is 13.2. The van der Waals surface area contributed by atoms with Crippen molar-refractivity contribution in [1.29, 1.82) is 0 Å². The molecular weight excluding hydrogens is 315 g/mol. The summed E-state index contributed by atoms with van der Waals surface area (Å²) in [6.45, 7) is 0. The Morgan fingerprint density at radius 3 is 2.46 bits per heavy atom. The summed E-state index contributed by atoms with van der Waals surface area (Å²) in [6.07, 6.45) is 0.660. The smallest absolute Gasteiger partial charge is 0.306 e. The van der Waals surface area contributed by atoms with Gasteiger partial charge in [-0.15, -0.1) is 0 Å². The summed E-state index contributed by atoms with van der Waals surface area (Å²) in [7, 11) is 0. The van der Waals surface area contributed by atoms with Crippen LogP contribution in [0.1, 0.15) is 29.6 Å². The molecule has 0 fully saturated rings. The molecule has 2 aromatic carbocycles. The lowest BCUT2D eigenvalue weighted by atomic mass is 10.1. The van der Waals surface area contributed by atoms with Crippen LogP contribution in [0, 0.1) is 15.9 Å². The summed E-state index contributed by atoms with van der Waals surface area (Å²) < 4.78 is 13.2. The van der Waals surface area contributed by atoms with Gasteiger partial charge in [-0.05, 0) is 18.6 Å². The predicted molar refractivity (Wildman–Crippen MR) is 86.3 cm³/mol. The number of benzene rings is 2. The Balaban J connectivity index is 1.85. The number of halogens is 1. The van der Waals surface area contributed by atoms with Gasteiger partial charge in [0, 0.05) is 30.2 Å². The Hall–Kier alpha value is -3.09. The van der Waals surface area contributed by atoms with Gasteiger partial charge in [0.2, 0.25) is 11.7 Å². The quantitative estimate of drug-likeness (QED) is 0.476. The van der Waals surface area contributed by atoms with Crippen molar-refractivity contribution < 1.29 is 18.9 Å². The summed E-state index contributed by atoms with van der Waals surface area (Å²) in [6, 6.07) is 11.9. The van der Waals surface area contributed by atoms with Crippen molar-refractivity contribution in [2.45, 2.75) is 19.3 Å². The number of anilines is 1. The molecule has 0 saturated heterocycles. The van der Waals surface area contributed by atoms with Gasteiger partial charge in [-0.1, -0.05) is 30.3 Å². The second kappa shape index (κ2) is 7.96. The minimum absolute atomic E-state index is 0.0548. The molecule has 2 rings (SSSR count). The molecule has 0 spiro atoms. The van der Waals surface area contributed by atoms with Gasteiger partial charge in [0.25, 0.3) is 0 Å². The minimum Gasteiger partial charge on any atom is -0.326 e. The highest BCUT2D eigenvalue weighted by atomic mass is 19.1. The van der Waals surface area contributed by atoms with Crippen LogP contribution in [0.4, 0.5) is 15.8 Å². The second-order valence-corrected chi connectivity index (χ2v) is 5.11. The number of amides is 1. The monoisotopic (exact) mass is 330 g/mol. The van der Waals surface area contributed by atoms with E-state index in [4.69, 9.17) is 0 Å².